The smallest absolute Gasteiger partial charge is 0.0653 e. The van der Waals surface area contributed by atoms with Gasteiger partial charge in [-0.25, -0.2) is 0 Å². The van der Waals surface area contributed by atoms with Gasteiger partial charge in [0.2, 0.25) is 0 Å². The molecule has 1 aromatic carbocycles. The summed E-state index contributed by atoms with van der Waals surface area (Å²) in [6.07, 6.45) is 0.967. The Morgan fingerprint density at radius 2 is 1.82 bits per heavy atom. The maximum Gasteiger partial charge on any atom is 0.0653 e. The highest BCUT2D eigenvalue weighted by Gasteiger charge is 2.05. The van der Waals surface area contributed by atoms with Gasteiger partial charge in [0, 0.05) is 11.4 Å². The van der Waals surface area contributed by atoms with Crippen LogP contribution in [0.15, 0.2) is 29.6 Å². The fraction of sp³-hybridized carbons (Fsp3) is 0.167. The van der Waals surface area contributed by atoms with Gasteiger partial charge in [0.15, 0.2) is 0 Å². The molecule has 0 unspecified atom stereocenters. The summed E-state index contributed by atoms with van der Waals surface area (Å²) in [5.41, 5.74) is 0.817. The Kier molecular flexibility index (Phi) is 4.57. The third-order valence-electron chi connectivity index (χ3n) is 2.28. The normalized spacial score (nSPS) is 10.5. The number of halogens is 3. The van der Waals surface area contributed by atoms with E-state index in [0.29, 0.717) is 15.1 Å². The minimum Gasteiger partial charge on any atom is -0.383 e. The quantitative estimate of drug-likeness (QED) is 0.749. The van der Waals surface area contributed by atoms with Crippen LogP contribution in [0.3, 0.4) is 0 Å². The minimum atomic E-state index is 0.473. The van der Waals surface area contributed by atoms with Crippen molar-refractivity contribution in [1.82, 2.24) is 0 Å². The average molecular weight is 307 g/mol. The number of nitrogens with one attached hydrogen (secondary N) is 1. The Morgan fingerprint density at radius 3 is 2.53 bits per heavy atom. The minimum absolute atomic E-state index is 0.473. The summed E-state index contributed by atoms with van der Waals surface area (Å²) in [6, 6.07) is 7.56. The van der Waals surface area contributed by atoms with E-state index in [4.69, 9.17) is 34.8 Å². The van der Waals surface area contributed by atoms with Gasteiger partial charge in [-0.2, -0.15) is 0 Å². The van der Waals surface area contributed by atoms with Crippen molar-refractivity contribution in [1.29, 1.82) is 0 Å². The van der Waals surface area contributed by atoms with Gasteiger partial charge in [0.05, 0.1) is 20.8 Å². The average Bonchev–Trinajstić information content (AvgIpc) is 2.78. The van der Waals surface area contributed by atoms with Crippen LogP contribution in [0.25, 0.3) is 0 Å². The standard InChI is InChI=1S/C12H10Cl3NS/c13-9-6-11(15)12(7-10(9)14)16-4-3-8-2-1-5-17-8/h1-2,5-7,16H,3-4H2. The number of hydrogen-bond donors (Lipinski definition) is 1. The number of anilines is 1. The van der Waals surface area contributed by atoms with Crippen LogP contribution in [-0.4, -0.2) is 6.54 Å². The van der Waals surface area contributed by atoms with E-state index in [1.807, 2.05) is 6.07 Å². The lowest BCUT2D eigenvalue weighted by Gasteiger charge is -2.09. The molecule has 5 heteroatoms. The van der Waals surface area contributed by atoms with Crippen molar-refractivity contribution in [2.45, 2.75) is 6.42 Å². The first-order valence-corrected chi connectivity index (χ1v) is 7.09. The van der Waals surface area contributed by atoms with Crippen LogP contribution in [0.1, 0.15) is 4.88 Å². The molecule has 0 fully saturated rings. The molecule has 0 radical (unpaired) electrons. The zero-order valence-electron chi connectivity index (χ0n) is 8.84. The summed E-state index contributed by atoms with van der Waals surface area (Å²) in [5.74, 6) is 0. The van der Waals surface area contributed by atoms with Crippen molar-refractivity contribution in [3.05, 3.63) is 49.6 Å². The third kappa shape index (κ3) is 3.52. The van der Waals surface area contributed by atoms with Crippen molar-refractivity contribution in [3.63, 3.8) is 0 Å². The zero-order chi connectivity index (χ0) is 12.3. The van der Waals surface area contributed by atoms with Crippen LogP contribution >= 0.6 is 46.1 Å². The van der Waals surface area contributed by atoms with Crippen LogP contribution in [0.5, 0.6) is 0 Å². The molecule has 2 aromatic rings. The van der Waals surface area contributed by atoms with Gasteiger partial charge in [-0.3, -0.25) is 0 Å². The molecule has 0 aliphatic heterocycles. The molecule has 2 rings (SSSR count). The highest BCUT2D eigenvalue weighted by molar-refractivity contribution is 7.09. The van der Waals surface area contributed by atoms with Gasteiger partial charge < -0.3 is 5.32 Å². The van der Waals surface area contributed by atoms with E-state index in [1.165, 1.54) is 4.88 Å². The van der Waals surface area contributed by atoms with E-state index < -0.39 is 0 Å². The Balaban J connectivity index is 1.97. The number of thiophene rings is 1. The third-order valence-corrected chi connectivity index (χ3v) is 4.25. The Hall–Kier alpha value is -0.410. The molecule has 1 heterocycles. The highest BCUT2D eigenvalue weighted by Crippen LogP contribution is 2.32. The molecule has 1 N–H and O–H groups in total. The largest absolute Gasteiger partial charge is 0.383 e. The zero-order valence-corrected chi connectivity index (χ0v) is 11.9. The predicted molar refractivity (Wildman–Crippen MR) is 78.0 cm³/mol. The summed E-state index contributed by atoms with van der Waals surface area (Å²) < 4.78 is 0. The molecule has 0 bridgehead atoms. The van der Waals surface area contributed by atoms with E-state index in [9.17, 15) is 0 Å². The number of hydrogen-bond acceptors (Lipinski definition) is 2. The van der Waals surface area contributed by atoms with Crippen molar-refractivity contribution < 1.29 is 0 Å². The topological polar surface area (TPSA) is 12.0 Å². The number of rotatable bonds is 4. The molecule has 0 amide bonds. The van der Waals surface area contributed by atoms with E-state index in [-0.39, 0.29) is 0 Å². The van der Waals surface area contributed by atoms with Crippen molar-refractivity contribution in [2.75, 3.05) is 11.9 Å². The molecule has 0 saturated carbocycles. The maximum absolute atomic E-state index is 6.06. The lowest BCUT2D eigenvalue weighted by atomic mass is 10.3. The van der Waals surface area contributed by atoms with Gasteiger partial charge in [0.1, 0.15) is 0 Å². The summed E-state index contributed by atoms with van der Waals surface area (Å²) >= 11 is 19.6. The highest BCUT2D eigenvalue weighted by atomic mass is 35.5. The molecule has 0 aliphatic carbocycles. The summed E-state index contributed by atoms with van der Waals surface area (Å²) in [7, 11) is 0. The van der Waals surface area contributed by atoms with Crippen LogP contribution in [0.4, 0.5) is 5.69 Å². The van der Waals surface area contributed by atoms with Gasteiger partial charge in [-0.15, -0.1) is 11.3 Å². The monoisotopic (exact) mass is 305 g/mol. The first kappa shape index (κ1) is 13.0. The maximum atomic E-state index is 6.06. The Labute approximate surface area is 119 Å². The van der Waals surface area contributed by atoms with Crippen molar-refractivity contribution in [2.24, 2.45) is 0 Å². The molecule has 1 aromatic heterocycles. The second kappa shape index (κ2) is 5.96. The van der Waals surface area contributed by atoms with E-state index in [0.717, 1.165) is 18.7 Å². The lowest BCUT2D eigenvalue weighted by Crippen LogP contribution is -2.04. The fourth-order valence-electron chi connectivity index (χ4n) is 1.43. The van der Waals surface area contributed by atoms with Crippen LogP contribution in [0, 0.1) is 0 Å². The van der Waals surface area contributed by atoms with Crippen molar-refractivity contribution >= 4 is 51.8 Å². The van der Waals surface area contributed by atoms with Crippen LogP contribution in [-0.2, 0) is 6.42 Å². The molecular weight excluding hydrogens is 297 g/mol. The van der Waals surface area contributed by atoms with Crippen LogP contribution < -0.4 is 5.32 Å². The lowest BCUT2D eigenvalue weighted by molar-refractivity contribution is 1.04. The second-order valence-electron chi connectivity index (χ2n) is 3.50. The van der Waals surface area contributed by atoms with E-state index in [2.05, 4.69) is 16.8 Å². The molecule has 0 aliphatic rings. The Bertz CT molecular complexity index is 497. The molecule has 17 heavy (non-hydrogen) atoms. The molecular formula is C12H10Cl3NS. The summed E-state index contributed by atoms with van der Waals surface area (Å²) in [5, 5.41) is 6.89. The van der Waals surface area contributed by atoms with Crippen molar-refractivity contribution in [3.8, 4) is 0 Å². The Morgan fingerprint density at radius 1 is 1.06 bits per heavy atom. The summed E-state index contributed by atoms with van der Waals surface area (Å²) in [4.78, 5) is 1.34. The fourth-order valence-corrected chi connectivity index (χ4v) is 2.76. The molecule has 0 spiro atoms. The van der Waals surface area contributed by atoms with Gasteiger partial charge in [-0.05, 0) is 30.0 Å². The van der Waals surface area contributed by atoms with Gasteiger partial charge in [-0.1, -0.05) is 40.9 Å². The molecule has 1 nitrogen and oxygen atoms in total. The van der Waals surface area contributed by atoms with Crippen LogP contribution in [0.2, 0.25) is 15.1 Å². The predicted octanol–water partition coefficient (Wildman–Crippen LogP) is 5.36. The summed E-state index contributed by atoms with van der Waals surface area (Å²) in [6.45, 7) is 0.818. The first-order chi connectivity index (χ1) is 8.16. The van der Waals surface area contributed by atoms with Gasteiger partial charge >= 0.3 is 0 Å². The SMILES string of the molecule is Clc1cc(Cl)c(NCCc2cccs2)cc1Cl. The number of benzene rings is 1. The molecule has 0 saturated heterocycles. The molecule has 90 valence electrons. The van der Waals surface area contributed by atoms with E-state index >= 15 is 0 Å². The van der Waals surface area contributed by atoms with Gasteiger partial charge in [0.25, 0.3) is 0 Å². The van der Waals surface area contributed by atoms with E-state index in [1.54, 1.807) is 23.5 Å². The second-order valence-corrected chi connectivity index (χ2v) is 5.76. The first-order valence-electron chi connectivity index (χ1n) is 5.07. The molecule has 0 atom stereocenters.